The maximum atomic E-state index is 11.7. The van der Waals surface area contributed by atoms with Crippen LogP contribution in [0.3, 0.4) is 0 Å². The normalized spacial score (nSPS) is 10.2. The van der Waals surface area contributed by atoms with Gasteiger partial charge in [0.15, 0.2) is 0 Å². The van der Waals surface area contributed by atoms with Gasteiger partial charge in [-0.1, -0.05) is 13.3 Å². The molecule has 0 aliphatic carbocycles. The zero-order chi connectivity index (χ0) is 10.6. The van der Waals surface area contributed by atoms with Crippen LogP contribution in [0, 0.1) is 13.8 Å². The average molecular weight is 195 g/mol. The Labute approximate surface area is 84.1 Å². The van der Waals surface area contributed by atoms with Gasteiger partial charge in [0, 0.05) is 12.2 Å². The van der Waals surface area contributed by atoms with Crippen molar-refractivity contribution >= 4 is 5.91 Å². The molecule has 78 valence electrons. The summed E-state index contributed by atoms with van der Waals surface area (Å²) in [6.07, 6.45) is 2.10. The van der Waals surface area contributed by atoms with Crippen molar-refractivity contribution in [3.8, 4) is 0 Å². The van der Waals surface area contributed by atoms with Crippen LogP contribution < -0.4 is 5.32 Å². The highest BCUT2D eigenvalue weighted by atomic mass is 16.1. The van der Waals surface area contributed by atoms with Crippen LogP contribution in [0.4, 0.5) is 0 Å². The molecule has 0 saturated heterocycles. The summed E-state index contributed by atoms with van der Waals surface area (Å²) in [7, 11) is 0. The number of aromatic amines is 1. The highest BCUT2D eigenvalue weighted by molar-refractivity contribution is 5.96. The first-order valence-electron chi connectivity index (χ1n) is 4.96. The molecule has 0 spiro atoms. The van der Waals surface area contributed by atoms with E-state index in [0.29, 0.717) is 5.56 Å². The molecule has 0 saturated carbocycles. The molecule has 4 heteroatoms. The van der Waals surface area contributed by atoms with Crippen LogP contribution in [-0.4, -0.2) is 22.6 Å². The van der Waals surface area contributed by atoms with E-state index in [1.54, 1.807) is 0 Å². The lowest BCUT2D eigenvalue weighted by molar-refractivity contribution is 0.0952. The first kappa shape index (κ1) is 10.8. The summed E-state index contributed by atoms with van der Waals surface area (Å²) in [5.41, 5.74) is 2.27. The van der Waals surface area contributed by atoms with Crippen molar-refractivity contribution in [1.29, 1.82) is 0 Å². The molecule has 0 aliphatic heterocycles. The second-order valence-corrected chi connectivity index (χ2v) is 3.42. The summed E-state index contributed by atoms with van der Waals surface area (Å²) in [4.78, 5) is 11.7. The van der Waals surface area contributed by atoms with Gasteiger partial charge in [-0.25, -0.2) is 0 Å². The first-order chi connectivity index (χ1) is 6.66. The number of nitrogens with one attached hydrogen (secondary N) is 2. The van der Waals surface area contributed by atoms with E-state index in [2.05, 4.69) is 22.4 Å². The number of aromatic nitrogens is 2. The molecule has 1 aromatic heterocycles. The molecular formula is C10H17N3O. The summed E-state index contributed by atoms with van der Waals surface area (Å²) in [6, 6.07) is 0. The van der Waals surface area contributed by atoms with Gasteiger partial charge >= 0.3 is 0 Å². The quantitative estimate of drug-likeness (QED) is 0.716. The number of hydrogen-bond donors (Lipinski definition) is 2. The van der Waals surface area contributed by atoms with E-state index >= 15 is 0 Å². The van der Waals surface area contributed by atoms with Gasteiger partial charge in [0.2, 0.25) is 0 Å². The Kier molecular flexibility index (Phi) is 3.68. The van der Waals surface area contributed by atoms with Crippen LogP contribution in [-0.2, 0) is 0 Å². The third-order valence-electron chi connectivity index (χ3n) is 2.17. The van der Waals surface area contributed by atoms with Gasteiger partial charge in [0.25, 0.3) is 5.91 Å². The lowest BCUT2D eigenvalue weighted by atomic mass is 10.2. The van der Waals surface area contributed by atoms with Gasteiger partial charge in [0.1, 0.15) is 0 Å². The van der Waals surface area contributed by atoms with E-state index in [-0.39, 0.29) is 5.91 Å². The van der Waals surface area contributed by atoms with E-state index in [1.807, 2.05) is 13.8 Å². The highest BCUT2D eigenvalue weighted by Gasteiger charge is 2.13. The molecule has 0 atom stereocenters. The molecule has 0 unspecified atom stereocenters. The number of rotatable bonds is 4. The summed E-state index contributed by atoms with van der Waals surface area (Å²) >= 11 is 0. The third-order valence-corrected chi connectivity index (χ3v) is 2.17. The second kappa shape index (κ2) is 4.79. The fraction of sp³-hybridized carbons (Fsp3) is 0.600. The van der Waals surface area contributed by atoms with Crippen LogP contribution in [0.5, 0.6) is 0 Å². The molecular weight excluding hydrogens is 178 g/mol. The second-order valence-electron chi connectivity index (χ2n) is 3.42. The van der Waals surface area contributed by atoms with Crippen LogP contribution in [0.25, 0.3) is 0 Å². The van der Waals surface area contributed by atoms with E-state index in [9.17, 15) is 4.79 Å². The molecule has 1 amide bonds. The van der Waals surface area contributed by atoms with Crippen LogP contribution >= 0.6 is 0 Å². The fourth-order valence-corrected chi connectivity index (χ4v) is 1.35. The number of aryl methyl sites for hydroxylation is 2. The number of carbonyl (C=O) groups is 1. The Morgan fingerprint density at radius 3 is 2.71 bits per heavy atom. The molecule has 0 radical (unpaired) electrons. The molecule has 0 bridgehead atoms. The molecule has 0 aliphatic rings. The molecule has 14 heavy (non-hydrogen) atoms. The lowest BCUT2D eigenvalue weighted by Gasteiger charge is -2.03. The summed E-state index contributed by atoms with van der Waals surface area (Å²) < 4.78 is 0. The maximum Gasteiger partial charge on any atom is 0.255 e. The SMILES string of the molecule is CCCCNC(=O)c1c(C)n[nH]c1C. The van der Waals surface area contributed by atoms with E-state index < -0.39 is 0 Å². The minimum Gasteiger partial charge on any atom is -0.352 e. The Bertz CT molecular complexity index is 298. The number of amides is 1. The minimum absolute atomic E-state index is 0.0257. The summed E-state index contributed by atoms with van der Waals surface area (Å²) in [5.74, 6) is -0.0257. The Morgan fingerprint density at radius 2 is 2.21 bits per heavy atom. The average Bonchev–Trinajstić information content (AvgIpc) is 2.46. The van der Waals surface area contributed by atoms with Crippen molar-refractivity contribution < 1.29 is 4.79 Å². The zero-order valence-corrected chi connectivity index (χ0v) is 8.98. The van der Waals surface area contributed by atoms with Crippen molar-refractivity contribution in [3.63, 3.8) is 0 Å². The van der Waals surface area contributed by atoms with Crippen molar-refractivity contribution in [3.05, 3.63) is 17.0 Å². The van der Waals surface area contributed by atoms with Crippen LogP contribution in [0.1, 0.15) is 41.5 Å². The highest BCUT2D eigenvalue weighted by Crippen LogP contribution is 2.08. The van der Waals surface area contributed by atoms with E-state index in [0.717, 1.165) is 30.8 Å². The smallest absolute Gasteiger partial charge is 0.255 e. The number of nitrogens with zero attached hydrogens (tertiary/aromatic N) is 1. The minimum atomic E-state index is -0.0257. The number of unbranched alkanes of at least 4 members (excludes halogenated alkanes) is 1. The van der Waals surface area contributed by atoms with Gasteiger partial charge in [-0.15, -0.1) is 0 Å². The van der Waals surface area contributed by atoms with E-state index in [4.69, 9.17) is 0 Å². The lowest BCUT2D eigenvalue weighted by Crippen LogP contribution is -2.25. The Hall–Kier alpha value is -1.32. The van der Waals surface area contributed by atoms with Crippen molar-refractivity contribution in [2.24, 2.45) is 0 Å². The van der Waals surface area contributed by atoms with Gasteiger partial charge in [0.05, 0.1) is 11.3 Å². The largest absolute Gasteiger partial charge is 0.352 e. The molecule has 0 aromatic carbocycles. The third kappa shape index (κ3) is 2.34. The van der Waals surface area contributed by atoms with Crippen LogP contribution in [0.2, 0.25) is 0 Å². The molecule has 4 nitrogen and oxygen atoms in total. The molecule has 0 fully saturated rings. The van der Waals surface area contributed by atoms with Gasteiger partial charge in [-0.2, -0.15) is 5.10 Å². The standard InChI is InChI=1S/C10H17N3O/c1-4-5-6-11-10(14)9-7(2)12-13-8(9)3/h4-6H2,1-3H3,(H,11,14)(H,12,13). The summed E-state index contributed by atoms with van der Waals surface area (Å²) in [5, 5.41) is 9.65. The predicted molar refractivity (Wildman–Crippen MR) is 55.3 cm³/mol. The Balaban J connectivity index is 2.60. The number of hydrogen-bond acceptors (Lipinski definition) is 2. The molecule has 1 aromatic rings. The molecule has 2 N–H and O–H groups in total. The first-order valence-corrected chi connectivity index (χ1v) is 4.96. The molecule has 1 heterocycles. The maximum absolute atomic E-state index is 11.7. The van der Waals surface area contributed by atoms with E-state index in [1.165, 1.54) is 0 Å². The number of carbonyl (C=O) groups excluding carboxylic acids is 1. The zero-order valence-electron chi connectivity index (χ0n) is 8.98. The Morgan fingerprint density at radius 1 is 1.50 bits per heavy atom. The monoisotopic (exact) mass is 195 g/mol. The topological polar surface area (TPSA) is 57.8 Å². The van der Waals surface area contributed by atoms with Gasteiger partial charge in [-0.3, -0.25) is 9.89 Å². The fourth-order valence-electron chi connectivity index (χ4n) is 1.35. The van der Waals surface area contributed by atoms with Gasteiger partial charge in [-0.05, 0) is 20.3 Å². The predicted octanol–water partition coefficient (Wildman–Crippen LogP) is 1.56. The van der Waals surface area contributed by atoms with Crippen molar-refractivity contribution in [2.45, 2.75) is 33.6 Å². The van der Waals surface area contributed by atoms with Crippen LogP contribution in [0.15, 0.2) is 0 Å². The molecule has 1 rings (SSSR count). The van der Waals surface area contributed by atoms with Crippen molar-refractivity contribution in [2.75, 3.05) is 6.54 Å². The number of H-pyrrole nitrogens is 1. The summed E-state index contributed by atoms with van der Waals surface area (Å²) in [6.45, 7) is 6.52. The van der Waals surface area contributed by atoms with Gasteiger partial charge < -0.3 is 5.32 Å². The van der Waals surface area contributed by atoms with Crippen molar-refractivity contribution in [1.82, 2.24) is 15.5 Å².